The number of hydrogen-bond acceptors (Lipinski definition) is 5. The Labute approximate surface area is 157 Å². The van der Waals surface area contributed by atoms with E-state index in [0.29, 0.717) is 23.9 Å². The van der Waals surface area contributed by atoms with Gasteiger partial charge in [-0.25, -0.2) is 4.98 Å². The van der Waals surface area contributed by atoms with Crippen LogP contribution in [0.25, 0.3) is 22.1 Å². The molecule has 0 saturated heterocycles. The van der Waals surface area contributed by atoms with Gasteiger partial charge in [0.15, 0.2) is 11.4 Å². The minimum atomic E-state index is 0.160. The first-order valence-electron chi connectivity index (χ1n) is 9.19. The van der Waals surface area contributed by atoms with Crippen LogP contribution in [0.15, 0.2) is 40.8 Å². The molecule has 27 heavy (non-hydrogen) atoms. The van der Waals surface area contributed by atoms with Crippen LogP contribution in [0.3, 0.4) is 0 Å². The molecule has 0 spiro atoms. The second-order valence-corrected chi connectivity index (χ2v) is 6.84. The lowest BCUT2D eigenvalue weighted by Gasteiger charge is -2.02. The van der Waals surface area contributed by atoms with Crippen LogP contribution in [-0.4, -0.2) is 20.3 Å². The number of nitrogens with zero attached hydrogens (tertiary/aromatic N) is 3. The van der Waals surface area contributed by atoms with Crippen LogP contribution < -0.4 is 5.32 Å². The van der Waals surface area contributed by atoms with Crippen LogP contribution in [0.1, 0.15) is 42.1 Å². The lowest BCUT2D eigenvalue weighted by atomic mass is 10.1. The van der Waals surface area contributed by atoms with Crippen molar-refractivity contribution in [1.29, 1.82) is 0 Å². The first-order chi connectivity index (χ1) is 13.0. The lowest BCUT2D eigenvalue weighted by molar-refractivity contribution is 0.0980. The molecule has 0 unspecified atom stereocenters. The Hall–Kier alpha value is -3.15. The fourth-order valence-electron chi connectivity index (χ4n) is 3.15. The zero-order valence-corrected chi connectivity index (χ0v) is 15.7. The van der Waals surface area contributed by atoms with Crippen molar-refractivity contribution in [3.8, 4) is 0 Å². The molecular formula is C21H22N4O2. The summed E-state index contributed by atoms with van der Waals surface area (Å²) in [4.78, 5) is 21.4. The molecule has 0 fully saturated rings. The summed E-state index contributed by atoms with van der Waals surface area (Å²) < 4.78 is 7.68. The van der Waals surface area contributed by atoms with Gasteiger partial charge in [0.1, 0.15) is 5.52 Å². The number of aryl methyl sites for hydroxylation is 2. The number of aromatic nitrogens is 3. The summed E-state index contributed by atoms with van der Waals surface area (Å²) in [5, 5.41) is 3.14. The Morgan fingerprint density at radius 3 is 2.81 bits per heavy atom. The van der Waals surface area contributed by atoms with Gasteiger partial charge in [0.05, 0.1) is 11.0 Å². The standard InChI is InChI=1S/C21H22N4O2/c1-4-5-6-18(26)14-8-9-17-15(12-14)22-20(25(17)3)24-21-23-16-11-13(2)7-10-19(16)27-21/h7-12H,4-6H2,1-3H3,(H,22,23,24). The first kappa shape index (κ1) is 17.3. The number of Topliss-reactive ketones (excluding diaryl/α,β-unsaturated/α-hetero) is 1. The molecule has 0 amide bonds. The quantitative estimate of drug-likeness (QED) is 0.481. The van der Waals surface area contributed by atoms with Crippen molar-refractivity contribution in [1.82, 2.24) is 14.5 Å². The third-order valence-electron chi connectivity index (χ3n) is 4.72. The number of carbonyl (C=O) groups excluding carboxylic acids is 1. The molecule has 4 rings (SSSR count). The largest absolute Gasteiger partial charge is 0.423 e. The van der Waals surface area contributed by atoms with Crippen LogP contribution in [0.4, 0.5) is 12.0 Å². The van der Waals surface area contributed by atoms with E-state index in [1.165, 1.54) is 0 Å². The molecule has 4 aromatic rings. The molecular weight excluding hydrogens is 340 g/mol. The van der Waals surface area contributed by atoms with Gasteiger partial charge in [-0.05, 0) is 49.2 Å². The van der Waals surface area contributed by atoms with Gasteiger partial charge < -0.3 is 8.98 Å². The summed E-state index contributed by atoms with van der Waals surface area (Å²) in [7, 11) is 1.92. The average molecular weight is 362 g/mol. The molecule has 0 aliphatic rings. The molecule has 138 valence electrons. The zero-order valence-electron chi connectivity index (χ0n) is 15.7. The highest BCUT2D eigenvalue weighted by Gasteiger charge is 2.14. The Morgan fingerprint density at radius 2 is 2.00 bits per heavy atom. The third kappa shape index (κ3) is 3.30. The molecule has 6 heteroatoms. The highest BCUT2D eigenvalue weighted by molar-refractivity contribution is 5.99. The van der Waals surface area contributed by atoms with E-state index < -0.39 is 0 Å². The van der Waals surface area contributed by atoms with Crippen molar-refractivity contribution in [2.24, 2.45) is 7.05 Å². The number of anilines is 2. The Bertz CT molecular complexity index is 1140. The van der Waals surface area contributed by atoms with Gasteiger partial charge in [0.25, 0.3) is 0 Å². The molecule has 0 aliphatic heterocycles. The van der Waals surface area contributed by atoms with Gasteiger partial charge in [-0.2, -0.15) is 4.98 Å². The topological polar surface area (TPSA) is 73.0 Å². The normalized spacial score (nSPS) is 11.4. The zero-order chi connectivity index (χ0) is 19.0. The van der Waals surface area contributed by atoms with E-state index in [9.17, 15) is 4.79 Å². The number of benzene rings is 2. The summed E-state index contributed by atoms with van der Waals surface area (Å²) in [5.41, 5.74) is 5.08. The molecule has 0 aliphatic carbocycles. The summed E-state index contributed by atoms with van der Waals surface area (Å²) >= 11 is 0. The molecule has 1 N–H and O–H groups in total. The fourth-order valence-corrected chi connectivity index (χ4v) is 3.15. The summed E-state index contributed by atoms with van der Waals surface area (Å²) in [6, 6.07) is 11.9. The molecule has 0 radical (unpaired) electrons. The second-order valence-electron chi connectivity index (χ2n) is 6.84. The lowest BCUT2D eigenvalue weighted by Crippen LogP contribution is -1.99. The highest BCUT2D eigenvalue weighted by Crippen LogP contribution is 2.25. The SMILES string of the molecule is CCCCC(=O)c1ccc2c(c1)nc(Nc1nc3cc(C)ccc3o1)n2C. The molecule has 2 heterocycles. The van der Waals surface area contributed by atoms with Crippen molar-refractivity contribution < 1.29 is 9.21 Å². The molecule has 6 nitrogen and oxygen atoms in total. The van der Waals surface area contributed by atoms with E-state index in [1.54, 1.807) is 0 Å². The smallest absolute Gasteiger partial charge is 0.302 e. The van der Waals surface area contributed by atoms with Crippen molar-refractivity contribution in [3.63, 3.8) is 0 Å². The Kier molecular flexibility index (Phi) is 4.39. The van der Waals surface area contributed by atoms with Gasteiger partial charge in [-0.3, -0.25) is 10.1 Å². The van der Waals surface area contributed by atoms with E-state index in [0.717, 1.165) is 40.5 Å². The maximum Gasteiger partial charge on any atom is 0.302 e. The number of oxazole rings is 1. The van der Waals surface area contributed by atoms with Crippen LogP contribution in [0.5, 0.6) is 0 Å². The van der Waals surface area contributed by atoms with E-state index >= 15 is 0 Å². The van der Waals surface area contributed by atoms with Crippen LogP contribution in [-0.2, 0) is 7.05 Å². The van der Waals surface area contributed by atoms with Gasteiger partial charge in [-0.1, -0.05) is 19.4 Å². The molecule has 0 bridgehead atoms. The van der Waals surface area contributed by atoms with Crippen LogP contribution in [0.2, 0.25) is 0 Å². The molecule has 2 aromatic heterocycles. The van der Waals surface area contributed by atoms with E-state index in [1.807, 2.05) is 54.9 Å². The monoisotopic (exact) mass is 362 g/mol. The van der Waals surface area contributed by atoms with Crippen molar-refractivity contribution in [3.05, 3.63) is 47.5 Å². The maximum atomic E-state index is 12.3. The molecule has 0 saturated carbocycles. The predicted octanol–water partition coefficient (Wildman–Crippen LogP) is 5.14. The third-order valence-corrected chi connectivity index (χ3v) is 4.72. The van der Waals surface area contributed by atoms with Gasteiger partial charge >= 0.3 is 6.01 Å². The number of carbonyl (C=O) groups is 1. The van der Waals surface area contributed by atoms with Crippen LogP contribution in [0, 0.1) is 6.92 Å². The van der Waals surface area contributed by atoms with Crippen molar-refractivity contribution in [2.75, 3.05) is 5.32 Å². The second kappa shape index (κ2) is 6.87. The predicted molar refractivity (Wildman–Crippen MR) is 107 cm³/mol. The molecule has 2 aromatic carbocycles. The maximum absolute atomic E-state index is 12.3. The summed E-state index contributed by atoms with van der Waals surface area (Å²) in [6.07, 6.45) is 2.49. The van der Waals surface area contributed by atoms with E-state index in [2.05, 4.69) is 22.2 Å². The minimum Gasteiger partial charge on any atom is -0.423 e. The van der Waals surface area contributed by atoms with E-state index in [-0.39, 0.29) is 5.78 Å². The van der Waals surface area contributed by atoms with Crippen molar-refractivity contribution in [2.45, 2.75) is 33.1 Å². The number of ketones is 1. The van der Waals surface area contributed by atoms with Gasteiger partial charge in [-0.15, -0.1) is 0 Å². The first-order valence-corrected chi connectivity index (χ1v) is 9.19. The number of hydrogen-bond donors (Lipinski definition) is 1. The Balaban J connectivity index is 1.64. The Morgan fingerprint density at radius 1 is 1.15 bits per heavy atom. The van der Waals surface area contributed by atoms with E-state index in [4.69, 9.17) is 4.42 Å². The van der Waals surface area contributed by atoms with Gasteiger partial charge in [0, 0.05) is 19.0 Å². The summed E-state index contributed by atoms with van der Waals surface area (Å²) in [6.45, 7) is 4.10. The summed E-state index contributed by atoms with van der Waals surface area (Å²) in [5.74, 6) is 0.777. The molecule has 0 atom stereocenters. The van der Waals surface area contributed by atoms with Crippen LogP contribution >= 0.6 is 0 Å². The van der Waals surface area contributed by atoms with Gasteiger partial charge in [0.2, 0.25) is 5.95 Å². The highest BCUT2D eigenvalue weighted by atomic mass is 16.4. The number of fused-ring (bicyclic) bond motifs is 2. The number of rotatable bonds is 6. The number of nitrogens with one attached hydrogen (secondary N) is 1. The fraction of sp³-hybridized carbons (Fsp3) is 0.286. The minimum absolute atomic E-state index is 0.160. The number of unbranched alkanes of at least 4 members (excludes halogenated alkanes) is 1. The van der Waals surface area contributed by atoms with Crippen molar-refractivity contribution >= 4 is 39.9 Å². The average Bonchev–Trinajstić information content (AvgIpc) is 3.19. The number of imidazole rings is 1.